The summed E-state index contributed by atoms with van der Waals surface area (Å²) >= 11 is 0. The van der Waals surface area contributed by atoms with Crippen molar-refractivity contribution in [3.63, 3.8) is 0 Å². The van der Waals surface area contributed by atoms with Crippen LogP contribution in [-0.2, 0) is 0 Å². The van der Waals surface area contributed by atoms with E-state index in [-0.39, 0.29) is 6.54 Å². The first-order valence-electron chi connectivity index (χ1n) is 6.35. The van der Waals surface area contributed by atoms with Gasteiger partial charge in [-0.05, 0) is 12.1 Å². The van der Waals surface area contributed by atoms with E-state index in [2.05, 4.69) is 16.4 Å². The molecule has 0 aliphatic heterocycles. The zero-order valence-electron chi connectivity index (χ0n) is 10.7. The number of benzene rings is 2. The van der Waals surface area contributed by atoms with Crippen molar-refractivity contribution in [3.05, 3.63) is 42.5 Å². The van der Waals surface area contributed by atoms with Gasteiger partial charge in [-0.3, -0.25) is 0 Å². The van der Waals surface area contributed by atoms with Crippen LogP contribution < -0.4 is 10.1 Å². The number of H-pyrrole nitrogens is 1. The highest BCUT2D eigenvalue weighted by molar-refractivity contribution is 6.09. The molecule has 3 rings (SSSR count). The molecule has 102 valence electrons. The second-order valence-electron chi connectivity index (χ2n) is 4.43. The summed E-state index contributed by atoms with van der Waals surface area (Å²) < 4.78 is 5.64. The summed E-state index contributed by atoms with van der Waals surface area (Å²) in [5.74, 6) is 0.728. The van der Waals surface area contributed by atoms with Gasteiger partial charge in [-0.1, -0.05) is 30.3 Å². The first kappa shape index (κ1) is 12.3. The second-order valence-corrected chi connectivity index (χ2v) is 4.43. The van der Waals surface area contributed by atoms with Gasteiger partial charge in [-0.2, -0.15) is 0 Å². The Morgan fingerprint density at radius 2 is 1.95 bits per heavy atom. The van der Waals surface area contributed by atoms with Crippen LogP contribution in [-0.4, -0.2) is 29.3 Å². The van der Waals surface area contributed by atoms with Gasteiger partial charge in [0, 0.05) is 16.3 Å². The molecule has 0 saturated heterocycles. The minimum Gasteiger partial charge on any atom is -0.490 e. The first-order valence-corrected chi connectivity index (χ1v) is 6.35. The van der Waals surface area contributed by atoms with Gasteiger partial charge < -0.3 is 20.1 Å². The molecule has 0 atom stereocenters. The molecule has 0 radical (unpaired) electrons. The van der Waals surface area contributed by atoms with Crippen LogP contribution in [0.1, 0.15) is 0 Å². The Hall–Kier alpha value is -2.69. The summed E-state index contributed by atoms with van der Waals surface area (Å²) in [7, 11) is 0. The van der Waals surface area contributed by atoms with E-state index in [4.69, 9.17) is 9.84 Å². The zero-order chi connectivity index (χ0) is 13.9. The third-order valence-corrected chi connectivity index (χ3v) is 3.14. The number of para-hydroxylation sites is 2. The average Bonchev–Trinajstić information content (AvgIpc) is 2.83. The van der Waals surface area contributed by atoms with E-state index in [0.29, 0.717) is 6.61 Å². The fourth-order valence-corrected chi connectivity index (χ4v) is 2.29. The average molecular weight is 270 g/mol. The summed E-state index contributed by atoms with van der Waals surface area (Å²) in [6, 6.07) is 13.9. The maximum atomic E-state index is 10.4. The van der Waals surface area contributed by atoms with Crippen LogP contribution in [0, 0.1) is 0 Å². The maximum Gasteiger partial charge on any atom is 0.404 e. The van der Waals surface area contributed by atoms with Crippen LogP contribution in [0.25, 0.3) is 21.8 Å². The van der Waals surface area contributed by atoms with Gasteiger partial charge in [0.2, 0.25) is 0 Å². The fraction of sp³-hybridized carbons (Fsp3) is 0.133. The Kier molecular flexibility index (Phi) is 3.16. The summed E-state index contributed by atoms with van der Waals surface area (Å²) in [5.41, 5.74) is 1.99. The summed E-state index contributed by atoms with van der Waals surface area (Å²) in [5, 5.41) is 13.0. The van der Waals surface area contributed by atoms with Crippen LogP contribution in [0.5, 0.6) is 5.75 Å². The predicted octanol–water partition coefficient (Wildman–Crippen LogP) is 2.97. The molecule has 0 unspecified atom stereocenters. The normalized spacial score (nSPS) is 10.8. The Morgan fingerprint density at radius 3 is 2.80 bits per heavy atom. The third-order valence-electron chi connectivity index (χ3n) is 3.14. The van der Waals surface area contributed by atoms with Crippen LogP contribution in [0.4, 0.5) is 4.79 Å². The van der Waals surface area contributed by atoms with E-state index in [1.54, 1.807) is 0 Å². The largest absolute Gasteiger partial charge is 0.490 e. The van der Waals surface area contributed by atoms with Crippen LogP contribution in [0.3, 0.4) is 0 Å². The number of ether oxygens (including phenoxy) is 1. The number of amides is 1. The van der Waals surface area contributed by atoms with Gasteiger partial charge >= 0.3 is 6.09 Å². The number of nitrogens with one attached hydrogen (secondary N) is 2. The third kappa shape index (κ3) is 2.25. The van der Waals surface area contributed by atoms with Gasteiger partial charge in [-0.15, -0.1) is 0 Å². The van der Waals surface area contributed by atoms with Crippen molar-refractivity contribution in [1.29, 1.82) is 0 Å². The fourth-order valence-electron chi connectivity index (χ4n) is 2.29. The van der Waals surface area contributed by atoms with Crippen molar-refractivity contribution in [1.82, 2.24) is 10.3 Å². The standard InChI is InChI=1S/C15H14N2O3/c18-15(19)16-8-9-20-13-7-3-5-11-10-4-1-2-6-12(10)17-14(11)13/h1-7,16-17H,8-9H2,(H,18,19). The molecule has 1 heterocycles. The Labute approximate surface area is 115 Å². The lowest BCUT2D eigenvalue weighted by atomic mass is 10.1. The highest BCUT2D eigenvalue weighted by Crippen LogP contribution is 2.31. The molecule has 1 amide bonds. The molecule has 2 aromatic carbocycles. The summed E-state index contributed by atoms with van der Waals surface area (Å²) in [6.45, 7) is 0.548. The SMILES string of the molecule is O=C(O)NCCOc1cccc2c1[nH]c1ccccc12. The monoisotopic (exact) mass is 270 g/mol. The molecular formula is C15H14N2O3. The van der Waals surface area contributed by atoms with Gasteiger partial charge in [0.05, 0.1) is 12.1 Å². The van der Waals surface area contributed by atoms with Crippen molar-refractivity contribution >= 4 is 27.9 Å². The molecule has 0 saturated carbocycles. The van der Waals surface area contributed by atoms with Crippen LogP contribution in [0.15, 0.2) is 42.5 Å². The lowest BCUT2D eigenvalue weighted by Gasteiger charge is -2.07. The molecule has 0 aliphatic carbocycles. The minimum atomic E-state index is -1.04. The maximum absolute atomic E-state index is 10.4. The smallest absolute Gasteiger partial charge is 0.404 e. The molecule has 3 aromatic rings. The molecule has 0 spiro atoms. The number of hydrogen-bond acceptors (Lipinski definition) is 2. The molecule has 5 heteroatoms. The summed E-state index contributed by atoms with van der Waals surface area (Å²) in [6.07, 6.45) is -1.04. The molecule has 0 bridgehead atoms. The minimum absolute atomic E-state index is 0.256. The van der Waals surface area contributed by atoms with Crippen molar-refractivity contribution in [2.45, 2.75) is 0 Å². The second kappa shape index (κ2) is 5.13. The number of carbonyl (C=O) groups is 1. The highest BCUT2D eigenvalue weighted by atomic mass is 16.5. The van der Waals surface area contributed by atoms with E-state index in [1.807, 2.05) is 36.4 Å². The molecule has 1 aromatic heterocycles. The Balaban J connectivity index is 1.89. The lowest BCUT2D eigenvalue weighted by molar-refractivity contribution is 0.191. The molecule has 0 fully saturated rings. The van der Waals surface area contributed by atoms with Crippen molar-refractivity contribution < 1.29 is 14.6 Å². The topological polar surface area (TPSA) is 74.3 Å². The quantitative estimate of drug-likeness (QED) is 0.638. The molecule has 5 nitrogen and oxygen atoms in total. The number of aromatic amines is 1. The highest BCUT2D eigenvalue weighted by Gasteiger charge is 2.08. The van der Waals surface area contributed by atoms with Crippen molar-refractivity contribution in [3.8, 4) is 5.75 Å². The van der Waals surface area contributed by atoms with Crippen molar-refractivity contribution in [2.75, 3.05) is 13.2 Å². The van der Waals surface area contributed by atoms with Crippen LogP contribution in [0.2, 0.25) is 0 Å². The van der Waals surface area contributed by atoms with Gasteiger partial charge in [0.15, 0.2) is 0 Å². The summed E-state index contributed by atoms with van der Waals surface area (Å²) in [4.78, 5) is 13.7. The first-order chi connectivity index (χ1) is 9.75. The van der Waals surface area contributed by atoms with E-state index >= 15 is 0 Å². The lowest BCUT2D eigenvalue weighted by Crippen LogP contribution is -2.26. The van der Waals surface area contributed by atoms with Gasteiger partial charge in [0.1, 0.15) is 12.4 Å². The van der Waals surface area contributed by atoms with E-state index in [1.165, 1.54) is 0 Å². The van der Waals surface area contributed by atoms with Gasteiger partial charge in [0.25, 0.3) is 0 Å². The number of rotatable bonds is 4. The van der Waals surface area contributed by atoms with Gasteiger partial charge in [-0.25, -0.2) is 4.79 Å². The molecular weight excluding hydrogens is 256 g/mol. The Bertz CT molecular complexity index is 764. The predicted molar refractivity (Wildman–Crippen MR) is 77.3 cm³/mol. The number of fused-ring (bicyclic) bond motifs is 3. The molecule has 0 aliphatic rings. The zero-order valence-corrected chi connectivity index (χ0v) is 10.7. The Morgan fingerprint density at radius 1 is 1.15 bits per heavy atom. The number of aromatic nitrogens is 1. The molecule has 20 heavy (non-hydrogen) atoms. The van der Waals surface area contributed by atoms with E-state index in [0.717, 1.165) is 27.6 Å². The van der Waals surface area contributed by atoms with Crippen molar-refractivity contribution in [2.24, 2.45) is 0 Å². The number of hydrogen-bond donors (Lipinski definition) is 3. The number of carboxylic acid groups (broad SMARTS) is 1. The van der Waals surface area contributed by atoms with E-state index < -0.39 is 6.09 Å². The molecule has 3 N–H and O–H groups in total. The van der Waals surface area contributed by atoms with Crippen LogP contribution >= 0.6 is 0 Å². The van der Waals surface area contributed by atoms with E-state index in [9.17, 15) is 4.79 Å².